The van der Waals surface area contributed by atoms with E-state index in [1.807, 2.05) is 6.92 Å². The molecular formula is C6H13NO3. The molecule has 0 aromatic heterocycles. The van der Waals surface area contributed by atoms with Gasteiger partial charge in [-0.05, 0) is 12.3 Å². The molecule has 1 amide bonds. The van der Waals surface area contributed by atoms with Crippen molar-refractivity contribution in [3.05, 3.63) is 0 Å². The van der Waals surface area contributed by atoms with Gasteiger partial charge >= 0.3 is 6.09 Å². The molecule has 0 fully saturated rings. The van der Waals surface area contributed by atoms with Gasteiger partial charge in [-0.2, -0.15) is 0 Å². The zero-order valence-electron chi connectivity index (χ0n) is 6.00. The highest BCUT2D eigenvalue weighted by molar-refractivity contribution is 5.64. The molecule has 60 valence electrons. The Morgan fingerprint density at radius 1 is 1.70 bits per heavy atom. The second-order valence-electron chi connectivity index (χ2n) is 2.30. The van der Waals surface area contributed by atoms with Crippen LogP contribution < -0.4 is 5.32 Å². The summed E-state index contributed by atoms with van der Waals surface area (Å²) < 4.78 is 0. The van der Waals surface area contributed by atoms with Gasteiger partial charge in [0.25, 0.3) is 0 Å². The largest absolute Gasteiger partial charge is 0.465 e. The number of amides is 1. The summed E-state index contributed by atoms with van der Waals surface area (Å²) in [6, 6.07) is 0. The highest BCUT2D eigenvalue weighted by Crippen LogP contribution is 1.97. The molecule has 1 atom stereocenters. The molecule has 0 radical (unpaired) electrons. The van der Waals surface area contributed by atoms with E-state index in [4.69, 9.17) is 10.2 Å². The predicted molar refractivity (Wildman–Crippen MR) is 36.9 cm³/mol. The van der Waals surface area contributed by atoms with Gasteiger partial charge in [-0.3, -0.25) is 0 Å². The van der Waals surface area contributed by atoms with Crippen LogP contribution in [-0.4, -0.2) is 29.5 Å². The van der Waals surface area contributed by atoms with Gasteiger partial charge in [-0.25, -0.2) is 4.79 Å². The minimum Gasteiger partial charge on any atom is -0.465 e. The van der Waals surface area contributed by atoms with Crippen LogP contribution >= 0.6 is 0 Å². The van der Waals surface area contributed by atoms with Gasteiger partial charge < -0.3 is 15.5 Å². The SMILES string of the molecule is CC(CCO)CNC(=O)O. The predicted octanol–water partition coefficient (Wildman–Crippen LogP) is 0.273. The number of carboxylic acid groups (broad SMARTS) is 1. The van der Waals surface area contributed by atoms with E-state index in [1.54, 1.807) is 0 Å². The average Bonchev–Trinajstić information content (AvgIpc) is 1.85. The van der Waals surface area contributed by atoms with Gasteiger partial charge in [0.1, 0.15) is 0 Å². The molecule has 4 heteroatoms. The van der Waals surface area contributed by atoms with Gasteiger partial charge in [-0.15, -0.1) is 0 Å². The molecule has 0 aliphatic carbocycles. The summed E-state index contributed by atoms with van der Waals surface area (Å²) in [6.45, 7) is 2.41. The molecule has 0 saturated carbocycles. The Balaban J connectivity index is 3.21. The van der Waals surface area contributed by atoms with Crippen LogP contribution in [-0.2, 0) is 0 Å². The summed E-state index contributed by atoms with van der Waals surface area (Å²) in [7, 11) is 0. The summed E-state index contributed by atoms with van der Waals surface area (Å²) in [4.78, 5) is 9.93. The van der Waals surface area contributed by atoms with Crippen molar-refractivity contribution in [3.8, 4) is 0 Å². The van der Waals surface area contributed by atoms with Crippen molar-refractivity contribution in [1.29, 1.82) is 0 Å². The minimum atomic E-state index is -1.01. The number of hydrogen-bond acceptors (Lipinski definition) is 2. The van der Waals surface area contributed by atoms with Crippen molar-refractivity contribution >= 4 is 6.09 Å². The van der Waals surface area contributed by atoms with E-state index in [2.05, 4.69) is 5.32 Å². The first-order chi connectivity index (χ1) is 4.66. The third-order valence-electron chi connectivity index (χ3n) is 1.22. The molecule has 0 aliphatic rings. The lowest BCUT2D eigenvalue weighted by atomic mass is 10.1. The molecule has 0 rings (SSSR count). The number of carbonyl (C=O) groups is 1. The fraction of sp³-hybridized carbons (Fsp3) is 0.833. The molecule has 10 heavy (non-hydrogen) atoms. The lowest BCUT2D eigenvalue weighted by Gasteiger charge is -2.07. The first kappa shape index (κ1) is 9.23. The van der Waals surface area contributed by atoms with Crippen LogP contribution in [0.15, 0.2) is 0 Å². The molecule has 0 spiro atoms. The Kier molecular flexibility index (Phi) is 4.66. The molecule has 0 aromatic rings. The quantitative estimate of drug-likeness (QED) is 0.534. The summed E-state index contributed by atoms with van der Waals surface area (Å²) in [5.41, 5.74) is 0. The topological polar surface area (TPSA) is 69.6 Å². The molecule has 0 aromatic carbocycles. The molecular weight excluding hydrogens is 134 g/mol. The fourth-order valence-corrected chi connectivity index (χ4v) is 0.584. The molecule has 0 aliphatic heterocycles. The van der Waals surface area contributed by atoms with Crippen LogP contribution in [0, 0.1) is 5.92 Å². The number of hydrogen-bond donors (Lipinski definition) is 3. The standard InChI is InChI=1S/C6H13NO3/c1-5(2-3-8)4-7-6(9)10/h5,7-8H,2-4H2,1H3,(H,9,10). The van der Waals surface area contributed by atoms with Crippen LogP contribution in [0.5, 0.6) is 0 Å². The third kappa shape index (κ3) is 5.37. The van der Waals surface area contributed by atoms with E-state index >= 15 is 0 Å². The third-order valence-corrected chi connectivity index (χ3v) is 1.22. The van der Waals surface area contributed by atoms with Crippen LogP contribution in [0.3, 0.4) is 0 Å². The van der Waals surface area contributed by atoms with E-state index in [9.17, 15) is 4.79 Å². The highest BCUT2D eigenvalue weighted by atomic mass is 16.4. The maximum absolute atomic E-state index is 9.93. The summed E-state index contributed by atoms with van der Waals surface area (Å²) >= 11 is 0. The van der Waals surface area contributed by atoms with E-state index < -0.39 is 6.09 Å². The first-order valence-electron chi connectivity index (χ1n) is 3.24. The minimum absolute atomic E-state index is 0.114. The smallest absolute Gasteiger partial charge is 0.404 e. The van der Waals surface area contributed by atoms with E-state index in [0.29, 0.717) is 13.0 Å². The summed E-state index contributed by atoms with van der Waals surface area (Å²) in [5, 5.41) is 18.8. The number of rotatable bonds is 4. The Morgan fingerprint density at radius 3 is 2.70 bits per heavy atom. The van der Waals surface area contributed by atoms with Crippen LogP contribution in [0.2, 0.25) is 0 Å². The lowest BCUT2D eigenvalue weighted by Crippen LogP contribution is -2.26. The molecule has 0 heterocycles. The normalized spacial score (nSPS) is 12.6. The molecule has 1 unspecified atom stereocenters. The maximum atomic E-state index is 9.93. The number of aliphatic hydroxyl groups is 1. The number of aliphatic hydroxyl groups excluding tert-OH is 1. The van der Waals surface area contributed by atoms with Gasteiger partial charge in [0, 0.05) is 13.2 Å². The Bertz CT molecular complexity index is 105. The van der Waals surface area contributed by atoms with Crippen molar-refractivity contribution in [3.63, 3.8) is 0 Å². The maximum Gasteiger partial charge on any atom is 0.404 e. The molecule has 0 bridgehead atoms. The zero-order valence-corrected chi connectivity index (χ0v) is 6.00. The zero-order chi connectivity index (χ0) is 7.98. The highest BCUT2D eigenvalue weighted by Gasteiger charge is 2.01. The van der Waals surface area contributed by atoms with Crippen molar-refractivity contribution < 1.29 is 15.0 Å². The van der Waals surface area contributed by atoms with E-state index in [0.717, 1.165) is 0 Å². The monoisotopic (exact) mass is 147 g/mol. The second kappa shape index (κ2) is 5.05. The summed E-state index contributed by atoms with van der Waals surface area (Å²) in [5.74, 6) is 0.209. The molecule has 3 N–H and O–H groups in total. The summed E-state index contributed by atoms with van der Waals surface area (Å²) in [6.07, 6.45) is -0.370. The first-order valence-corrected chi connectivity index (χ1v) is 3.24. The molecule has 0 saturated heterocycles. The Morgan fingerprint density at radius 2 is 2.30 bits per heavy atom. The van der Waals surface area contributed by atoms with Gasteiger partial charge in [0.05, 0.1) is 0 Å². The van der Waals surface area contributed by atoms with E-state index in [-0.39, 0.29) is 12.5 Å². The van der Waals surface area contributed by atoms with Crippen molar-refractivity contribution in [2.75, 3.05) is 13.2 Å². The van der Waals surface area contributed by atoms with E-state index in [1.165, 1.54) is 0 Å². The van der Waals surface area contributed by atoms with Gasteiger partial charge in [0.2, 0.25) is 0 Å². The van der Waals surface area contributed by atoms with Crippen LogP contribution in [0.25, 0.3) is 0 Å². The van der Waals surface area contributed by atoms with Crippen LogP contribution in [0.1, 0.15) is 13.3 Å². The van der Waals surface area contributed by atoms with Crippen molar-refractivity contribution in [1.82, 2.24) is 5.32 Å². The van der Waals surface area contributed by atoms with Crippen molar-refractivity contribution in [2.45, 2.75) is 13.3 Å². The Hall–Kier alpha value is -0.770. The fourth-order valence-electron chi connectivity index (χ4n) is 0.584. The number of nitrogens with one attached hydrogen (secondary N) is 1. The second-order valence-corrected chi connectivity index (χ2v) is 2.30. The van der Waals surface area contributed by atoms with Crippen molar-refractivity contribution in [2.24, 2.45) is 5.92 Å². The molecule has 4 nitrogen and oxygen atoms in total. The van der Waals surface area contributed by atoms with Crippen LogP contribution in [0.4, 0.5) is 4.79 Å². The average molecular weight is 147 g/mol. The van der Waals surface area contributed by atoms with Gasteiger partial charge in [0.15, 0.2) is 0 Å². The lowest BCUT2D eigenvalue weighted by molar-refractivity contribution is 0.190. The van der Waals surface area contributed by atoms with Gasteiger partial charge in [-0.1, -0.05) is 6.92 Å². The Labute approximate surface area is 59.9 Å².